The Morgan fingerprint density at radius 2 is 1.89 bits per heavy atom. The lowest BCUT2D eigenvalue weighted by Crippen LogP contribution is -2.45. The first kappa shape index (κ1) is 21.7. The molecular formula is C26H23N3O5S. The van der Waals surface area contributed by atoms with Gasteiger partial charge in [0.15, 0.2) is 11.5 Å². The number of carbonyl (C=O) groups is 3. The van der Waals surface area contributed by atoms with Gasteiger partial charge in [0, 0.05) is 16.6 Å². The molecule has 1 saturated heterocycles. The summed E-state index contributed by atoms with van der Waals surface area (Å²) in [7, 11) is 0. The molecule has 0 saturated carbocycles. The summed E-state index contributed by atoms with van der Waals surface area (Å²) in [6, 6.07) is 16.3. The first-order valence-corrected chi connectivity index (χ1v) is 12.4. The molecule has 1 spiro atoms. The highest BCUT2D eigenvalue weighted by Gasteiger charge is 2.55. The lowest BCUT2D eigenvalue weighted by molar-refractivity contribution is -0.134. The lowest BCUT2D eigenvalue weighted by Gasteiger charge is -2.27. The molecule has 3 aliphatic rings. The fourth-order valence-corrected chi connectivity index (χ4v) is 5.73. The Morgan fingerprint density at radius 3 is 2.71 bits per heavy atom. The van der Waals surface area contributed by atoms with Crippen LogP contribution in [-0.2, 0) is 28.1 Å². The van der Waals surface area contributed by atoms with Gasteiger partial charge in [0.2, 0.25) is 5.91 Å². The summed E-state index contributed by atoms with van der Waals surface area (Å²) >= 11 is 1.53. The SMILES string of the molecule is O=C1N[C@]2(CCc3ccccc32)C(=O)N1CC(=O)N(Cc1cccs1)c1ccc2c(c1)OCCO2. The molecule has 2 aromatic carbocycles. The molecule has 1 fully saturated rings. The lowest BCUT2D eigenvalue weighted by atomic mass is 9.92. The van der Waals surface area contributed by atoms with Gasteiger partial charge in [0.1, 0.15) is 25.3 Å². The van der Waals surface area contributed by atoms with E-state index < -0.39 is 11.6 Å². The maximum absolute atomic E-state index is 13.6. The number of aryl methyl sites for hydroxylation is 1. The summed E-state index contributed by atoms with van der Waals surface area (Å²) in [5.41, 5.74) is 1.38. The Morgan fingerprint density at radius 1 is 1.06 bits per heavy atom. The fourth-order valence-electron chi connectivity index (χ4n) is 5.04. The first-order chi connectivity index (χ1) is 17.0. The minimum atomic E-state index is -1.09. The average Bonchev–Trinajstić information content (AvgIpc) is 3.59. The predicted molar refractivity (Wildman–Crippen MR) is 130 cm³/mol. The smallest absolute Gasteiger partial charge is 0.325 e. The quantitative estimate of drug-likeness (QED) is 0.555. The van der Waals surface area contributed by atoms with Crippen molar-refractivity contribution >= 4 is 34.9 Å². The number of imide groups is 1. The number of nitrogens with zero attached hydrogens (tertiary/aromatic N) is 2. The van der Waals surface area contributed by atoms with Crippen molar-refractivity contribution in [2.75, 3.05) is 24.7 Å². The van der Waals surface area contributed by atoms with E-state index in [2.05, 4.69) is 5.32 Å². The van der Waals surface area contributed by atoms with Gasteiger partial charge in [-0.2, -0.15) is 0 Å². The summed E-state index contributed by atoms with van der Waals surface area (Å²) in [5.74, 6) is 0.453. The van der Waals surface area contributed by atoms with Gasteiger partial charge in [-0.3, -0.25) is 14.5 Å². The summed E-state index contributed by atoms with van der Waals surface area (Å²) < 4.78 is 11.3. The normalized spacial score (nSPS) is 20.2. The number of rotatable bonds is 5. The van der Waals surface area contributed by atoms with Crippen LogP contribution in [0.4, 0.5) is 10.5 Å². The zero-order valence-electron chi connectivity index (χ0n) is 18.9. The standard InChI is InChI=1S/C26H23N3O5S/c30-23(16-29-24(31)26(27-25(29)32)10-9-17-4-1-2-6-20(17)26)28(15-19-5-3-13-35-19)18-7-8-21-22(14-18)34-12-11-33-21/h1-8,13-14H,9-12,15-16H2,(H,27,32)/t26-/m0/s1. The van der Waals surface area contributed by atoms with Crippen molar-refractivity contribution in [3.05, 3.63) is 76.0 Å². The molecule has 6 rings (SSSR count). The zero-order chi connectivity index (χ0) is 24.0. The molecule has 1 atom stereocenters. The van der Waals surface area contributed by atoms with Crippen LogP contribution in [0.3, 0.4) is 0 Å². The summed E-state index contributed by atoms with van der Waals surface area (Å²) in [5, 5.41) is 4.83. The molecule has 4 amide bonds. The third-order valence-corrected chi connectivity index (χ3v) is 7.61. The number of urea groups is 1. The molecule has 0 bridgehead atoms. The molecular weight excluding hydrogens is 466 g/mol. The van der Waals surface area contributed by atoms with Gasteiger partial charge in [-0.1, -0.05) is 30.3 Å². The Balaban J connectivity index is 1.29. The third kappa shape index (κ3) is 3.63. The molecule has 8 nitrogen and oxygen atoms in total. The second-order valence-corrected chi connectivity index (χ2v) is 9.80. The molecule has 0 radical (unpaired) electrons. The molecule has 35 heavy (non-hydrogen) atoms. The Labute approximate surface area is 206 Å². The number of ether oxygens (including phenoxy) is 2. The monoisotopic (exact) mass is 489 g/mol. The number of anilines is 1. The van der Waals surface area contributed by atoms with Crippen LogP contribution in [0.2, 0.25) is 0 Å². The van der Waals surface area contributed by atoms with E-state index in [1.165, 1.54) is 11.3 Å². The van der Waals surface area contributed by atoms with Crippen LogP contribution >= 0.6 is 11.3 Å². The van der Waals surface area contributed by atoms with Crippen molar-refractivity contribution in [2.45, 2.75) is 24.9 Å². The van der Waals surface area contributed by atoms with Gasteiger partial charge in [0.25, 0.3) is 5.91 Å². The number of amides is 4. The van der Waals surface area contributed by atoms with Crippen LogP contribution in [0.15, 0.2) is 60.0 Å². The predicted octanol–water partition coefficient (Wildman–Crippen LogP) is 3.45. The minimum Gasteiger partial charge on any atom is -0.486 e. The van der Waals surface area contributed by atoms with E-state index in [0.717, 1.165) is 20.9 Å². The van der Waals surface area contributed by atoms with Crippen LogP contribution in [0.25, 0.3) is 0 Å². The zero-order valence-corrected chi connectivity index (χ0v) is 19.7. The van der Waals surface area contributed by atoms with Crippen LogP contribution in [0.5, 0.6) is 11.5 Å². The highest BCUT2D eigenvalue weighted by Crippen LogP contribution is 2.41. The number of nitrogens with one attached hydrogen (secondary N) is 1. The molecule has 2 aliphatic heterocycles. The van der Waals surface area contributed by atoms with E-state index in [1.54, 1.807) is 23.1 Å². The molecule has 0 unspecified atom stereocenters. The molecule has 3 aromatic rings. The maximum atomic E-state index is 13.6. The molecule has 1 aromatic heterocycles. The number of hydrogen-bond donors (Lipinski definition) is 1. The van der Waals surface area contributed by atoms with Crippen LogP contribution in [0, 0.1) is 0 Å². The van der Waals surface area contributed by atoms with Gasteiger partial charge in [-0.25, -0.2) is 4.79 Å². The van der Waals surface area contributed by atoms with E-state index in [4.69, 9.17) is 9.47 Å². The van der Waals surface area contributed by atoms with Crippen molar-refractivity contribution in [1.82, 2.24) is 10.2 Å². The van der Waals surface area contributed by atoms with Crippen molar-refractivity contribution in [3.8, 4) is 11.5 Å². The van der Waals surface area contributed by atoms with Gasteiger partial charge in [-0.05, 0) is 47.5 Å². The number of fused-ring (bicyclic) bond motifs is 3. The van der Waals surface area contributed by atoms with E-state index in [1.807, 2.05) is 41.8 Å². The van der Waals surface area contributed by atoms with E-state index >= 15 is 0 Å². The van der Waals surface area contributed by atoms with Gasteiger partial charge < -0.3 is 19.7 Å². The number of benzene rings is 2. The summed E-state index contributed by atoms with van der Waals surface area (Å²) in [6.45, 7) is 0.866. The number of thiophene rings is 1. The van der Waals surface area contributed by atoms with Crippen molar-refractivity contribution < 1.29 is 23.9 Å². The Bertz CT molecular complexity index is 1320. The van der Waals surface area contributed by atoms with Gasteiger partial charge in [-0.15, -0.1) is 11.3 Å². The molecule has 178 valence electrons. The van der Waals surface area contributed by atoms with Crippen molar-refractivity contribution in [1.29, 1.82) is 0 Å². The fraction of sp³-hybridized carbons (Fsp3) is 0.269. The van der Waals surface area contributed by atoms with Crippen molar-refractivity contribution in [3.63, 3.8) is 0 Å². The Hall–Kier alpha value is -3.85. The molecule has 1 aliphatic carbocycles. The van der Waals surface area contributed by atoms with E-state index in [9.17, 15) is 14.4 Å². The average molecular weight is 490 g/mol. The van der Waals surface area contributed by atoms with Crippen molar-refractivity contribution in [2.24, 2.45) is 0 Å². The highest BCUT2D eigenvalue weighted by molar-refractivity contribution is 7.09. The van der Waals surface area contributed by atoms with E-state index in [0.29, 0.717) is 49.8 Å². The number of carbonyl (C=O) groups excluding carboxylic acids is 3. The number of hydrogen-bond acceptors (Lipinski definition) is 6. The summed E-state index contributed by atoms with van der Waals surface area (Å²) in [4.78, 5) is 43.7. The second kappa shape index (κ2) is 8.42. The third-order valence-electron chi connectivity index (χ3n) is 6.75. The highest BCUT2D eigenvalue weighted by atomic mass is 32.1. The Kier molecular flexibility index (Phi) is 5.21. The van der Waals surface area contributed by atoms with Gasteiger partial charge >= 0.3 is 6.03 Å². The van der Waals surface area contributed by atoms with Crippen LogP contribution in [-0.4, -0.2) is 42.5 Å². The topological polar surface area (TPSA) is 88.2 Å². The molecule has 9 heteroatoms. The van der Waals surface area contributed by atoms with Gasteiger partial charge in [0.05, 0.1) is 6.54 Å². The molecule has 1 N–H and O–H groups in total. The molecule has 3 heterocycles. The van der Waals surface area contributed by atoms with E-state index in [-0.39, 0.29) is 18.4 Å². The van der Waals surface area contributed by atoms with Crippen LogP contribution < -0.4 is 19.7 Å². The maximum Gasteiger partial charge on any atom is 0.325 e. The second-order valence-electron chi connectivity index (χ2n) is 8.77. The minimum absolute atomic E-state index is 0.313. The first-order valence-electron chi connectivity index (χ1n) is 11.5. The largest absolute Gasteiger partial charge is 0.486 e. The summed E-state index contributed by atoms with van der Waals surface area (Å²) in [6.07, 6.45) is 1.19. The van der Waals surface area contributed by atoms with Crippen LogP contribution in [0.1, 0.15) is 22.4 Å².